The zero-order valence-electron chi connectivity index (χ0n) is 11.6. The van der Waals surface area contributed by atoms with Crippen molar-refractivity contribution in [2.75, 3.05) is 0 Å². The molecule has 1 radical (unpaired) electrons. The predicted molar refractivity (Wildman–Crippen MR) is 76.3 cm³/mol. The third kappa shape index (κ3) is 4.77. The smallest absolute Gasteiger partial charge is 0.0279 e. The molecular formula is C17H25. The van der Waals surface area contributed by atoms with Gasteiger partial charge in [0.15, 0.2) is 0 Å². The van der Waals surface area contributed by atoms with E-state index in [9.17, 15) is 0 Å². The van der Waals surface area contributed by atoms with Crippen LogP contribution >= 0.6 is 0 Å². The predicted octanol–water partition coefficient (Wildman–Crippen LogP) is 5.09. The Hall–Kier alpha value is -1.04. The number of benzene rings is 1. The van der Waals surface area contributed by atoms with Crippen molar-refractivity contribution in [1.29, 1.82) is 0 Å². The summed E-state index contributed by atoms with van der Waals surface area (Å²) in [6.45, 7) is 12.0. The van der Waals surface area contributed by atoms with Crippen LogP contribution in [0.5, 0.6) is 0 Å². The molecule has 93 valence electrons. The molecule has 0 nitrogen and oxygen atoms in total. The van der Waals surface area contributed by atoms with Gasteiger partial charge in [0, 0.05) is 0 Å². The minimum atomic E-state index is 1.06. The zero-order chi connectivity index (χ0) is 12.7. The van der Waals surface area contributed by atoms with Gasteiger partial charge in [0.05, 0.1) is 0 Å². The lowest BCUT2D eigenvalue weighted by atomic mass is 9.97. The third-order valence-corrected chi connectivity index (χ3v) is 3.57. The largest absolute Gasteiger partial charge is 0.0845 e. The van der Waals surface area contributed by atoms with E-state index in [1.165, 1.54) is 54.4 Å². The molecule has 0 atom stereocenters. The van der Waals surface area contributed by atoms with E-state index in [2.05, 4.69) is 32.9 Å². The summed E-state index contributed by atoms with van der Waals surface area (Å²) in [6.07, 6.45) is 9.20. The Labute approximate surface area is 107 Å². The molecule has 1 rings (SSSR count). The second-order valence-corrected chi connectivity index (χ2v) is 5.04. The molecule has 0 aliphatic carbocycles. The van der Waals surface area contributed by atoms with E-state index in [1.807, 2.05) is 0 Å². The van der Waals surface area contributed by atoms with Crippen molar-refractivity contribution >= 4 is 0 Å². The molecule has 0 heterocycles. The van der Waals surface area contributed by atoms with Gasteiger partial charge in [-0.3, -0.25) is 0 Å². The van der Waals surface area contributed by atoms with Crippen molar-refractivity contribution in [2.45, 2.75) is 59.3 Å². The summed E-state index contributed by atoms with van der Waals surface area (Å²) in [5, 5.41) is 0. The first-order valence-electron chi connectivity index (χ1n) is 6.75. The molecule has 1 aromatic rings. The first-order valence-corrected chi connectivity index (χ1v) is 6.75. The van der Waals surface area contributed by atoms with Crippen LogP contribution in [-0.4, -0.2) is 0 Å². The summed E-state index contributed by atoms with van der Waals surface area (Å²) in [5.41, 5.74) is 5.79. The van der Waals surface area contributed by atoms with E-state index in [0.717, 1.165) is 6.42 Å². The summed E-state index contributed by atoms with van der Waals surface area (Å²) >= 11 is 0. The summed E-state index contributed by atoms with van der Waals surface area (Å²) < 4.78 is 0. The van der Waals surface area contributed by atoms with Crippen molar-refractivity contribution < 1.29 is 0 Å². The second-order valence-electron chi connectivity index (χ2n) is 5.04. The minimum absolute atomic E-state index is 1.06. The second kappa shape index (κ2) is 7.32. The van der Waals surface area contributed by atoms with E-state index in [-0.39, 0.29) is 0 Å². The first kappa shape index (κ1) is 14.0. The fourth-order valence-electron chi connectivity index (χ4n) is 2.21. The quantitative estimate of drug-likeness (QED) is 0.571. The van der Waals surface area contributed by atoms with Gasteiger partial charge in [-0.05, 0) is 68.7 Å². The fourth-order valence-corrected chi connectivity index (χ4v) is 2.21. The van der Waals surface area contributed by atoms with Crippen LogP contribution in [0.25, 0.3) is 0 Å². The lowest BCUT2D eigenvalue weighted by Gasteiger charge is -2.09. The molecule has 0 N–H and O–H groups in total. The molecule has 1 aromatic carbocycles. The number of hydrogen-bond acceptors (Lipinski definition) is 0. The maximum Gasteiger partial charge on any atom is -0.0279 e. The van der Waals surface area contributed by atoms with Crippen LogP contribution in [0, 0.1) is 27.4 Å². The number of unbranched alkanes of at least 4 members (excludes halogenated alkanes) is 4. The molecule has 0 aliphatic rings. The van der Waals surface area contributed by atoms with E-state index >= 15 is 0 Å². The molecular weight excluding hydrogens is 204 g/mol. The molecule has 0 aromatic heterocycles. The molecule has 0 amide bonds. The molecule has 0 heteroatoms. The molecule has 17 heavy (non-hydrogen) atoms. The average molecular weight is 229 g/mol. The number of aryl methyl sites for hydroxylation is 3. The highest BCUT2D eigenvalue weighted by molar-refractivity contribution is 5.36. The summed E-state index contributed by atoms with van der Waals surface area (Å²) in [4.78, 5) is 0. The Morgan fingerprint density at radius 2 is 1.53 bits per heavy atom. The topological polar surface area (TPSA) is 0 Å². The van der Waals surface area contributed by atoms with Crippen molar-refractivity contribution in [1.82, 2.24) is 0 Å². The van der Waals surface area contributed by atoms with Gasteiger partial charge >= 0.3 is 0 Å². The van der Waals surface area contributed by atoms with E-state index < -0.39 is 0 Å². The first-order chi connectivity index (χ1) is 8.15. The number of allylic oxidation sites excluding steroid dienone is 1. The summed E-state index contributed by atoms with van der Waals surface area (Å²) in [7, 11) is 0. The van der Waals surface area contributed by atoms with Crippen LogP contribution in [0.4, 0.5) is 0 Å². The Morgan fingerprint density at radius 1 is 0.941 bits per heavy atom. The maximum atomic E-state index is 5.36. The van der Waals surface area contributed by atoms with Gasteiger partial charge in [0.2, 0.25) is 0 Å². The van der Waals surface area contributed by atoms with Crippen molar-refractivity contribution in [3.8, 4) is 0 Å². The van der Waals surface area contributed by atoms with Crippen LogP contribution in [0.15, 0.2) is 18.2 Å². The third-order valence-electron chi connectivity index (χ3n) is 3.57. The SMILES string of the molecule is [CH]=CCCCCCCc1cc(C)c(C)c(C)c1. The van der Waals surface area contributed by atoms with Crippen molar-refractivity contribution in [2.24, 2.45) is 0 Å². The van der Waals surface area contributed by atoms with E-state index in [4.69, 9.17) is 6.58 Å². The van der Waals surface area contributed by atoms with Gasteiger partial charge in [-0.25, -0.2) is 0 Å². The maximum absolute atomic E-state index is 5.36. The zero-order valence-corrected chi connectivity index (χ0v) is 11.6. The summed E-state index contributed by atoms with van der Waals surface area (Å²) in [5.74, 6) is 0. The Bertz CT molecular complexity index is 337. The molecule has 0 aliphatic heterocycles. The highest BCUT2D eigenvalue weighted by Gasteiger charge is 2.00. The van der Waals surface area contributed by atoms with Crippen molar-refractivity contribution in [3.63, 3.8) is 0 Å². The van der Waals surface area contributed by atoms with E-state index in [1.54, 1.807) is 6.08 Å². The lowest BCUT2D eigenvalue weighted by Crippen LogP contribution is -1.92. The van der Waals surface area contributed by atoms with Gasteiger partial charge in [-0.15, -0.1) is 0 Å². The summed E-state index contributed by atoms with van der Waals surface area (Å²) in [6, 6.07) is 4.69. The number of rotatable bonds is 7. The van der Waals surface area contributed by atoms with Crippen LogP contribution < -0.4 is 0 Å². The van der Waals surface area contributed by atoms with Gasteiger partial charge in [-0.1, -0.05) is 37.6 Å². The molecule has 0 spiro atoms. The average Bonchev–Trinajstić information content (AvgIpc) is 2.30. The molecule has 0 unspecified atom stereocenters. The normalized spacial score (nSPS) is 10.5. The molecule has 0 fully saturated rings. The van der Waals surface area contributed by atoms with Gasteiger partial charge < -0.3 is 0 Å². The van der Waals surface area contributed by atoms with Crippen LogP contribution in [0.1, 0.15) is 54.4 Å². The van der Waals surface area contributed by atoms with Gasteiger partial charge in [0.25, 0.3) is 0 Å². The standard InChI is InChI=1S/C17H25/c1-5-6-7-8-9-10-11-17-12-14(2)16(4)15(3)13-17/h1,5,12-13H,6-11H2,2-4H3. The van der Waals surface area contributed by atoms with Crippen molar-refractivity contribution in [3.05, 3.63) is 47.0 Å². The monoisotopic (exact) mass is 229 g/mol. The molecule has 0 saturated heterocycles. The molecule has 0 saturated carbocycles. The van der Waals surface area contributed by atoms with Crippen LogP contribution in [-0.2, 0) is 6.42 Å². The van der Waals surface area contributed by atoms with Crippen LogP contribution in [0.3, 0.4) is 0 Å². The Balaban J connectivity index is 2.34. The lowest BCUT2D eigenvalue weighted by molar-refractivity contribution is 0.646. The Kier molecular flexibility index (Phi) is 6.04. The fraction of sp³-hybridized carbons (Fsp3) is 0.529. The Morgan fingerprint density at radius 3 is 2.12 bits per heavy atom. The van der Waals surface area contributed by atoms with Gasteiger partial charge in [0.1, 0.15) is 0 Å². The highest BCUT2D eigenvalue weighted by atomic mass is 14.1. The van der Waals surface area contributed by atoms with Gasteiger partial charge in [-0.2, -0.15) is 0 Å². The minimum Gasteiger partial charge on any atom is -0.0845 e. The van der Waals surface area contributed by atoms with E-state index in [0.29, 0.717) is 0 Å². The van der Waals surface area contributed by atoms with Crippen LogP contribution in [0.2, 0.25) is 0 Å². The highest BCUT2D eigenvalue weighted by Crippen LogP contribution is 2.17. The molecule has 0 bridgehead atoms. The number of hydrogen-bond donors (Lipinski definition) is 0.